The van der Waals surface area contributed by atoms with Crippen LogP contribution in [0.5, 0.6) is 0 Å². The minimum Gasteiger partial charge on any atom is -0.481 e. The first-order valence-electron chi connectivity index (χ1n) is 12.6. The summed E-state index contributed by atoms with van der Waals surface area (Å²) in [6.45, 7) is 3.30. The number of aromatic nitrogens is 1. The van der Waals surface area contributed by atoms with E-state index in [1.807, 2.05) is 36.4 Å². The number of hydrogen-bond donors (Lipinski definition) is 1. The van der Waals surface area contributed by atoms with Crippen LogP contribution in [0.4, 0.5) is 29.3 Å². The number of hydrogen-bond acceptors (Lipinski definition) is 5. The summed E-state index contributed by atoms with van der Waals surface area (Å²) in [7, 11) is 0. The van der Waals surface area contributed by atoms with E-state index in [1.54, 1.807) is 26.0 Å². The van der Waals surface area contributed by atoms with E-state index in [9.17, 15) is 27.9 Å². The highest BCUT2D eigenvalue weighted by Crippen LogP contribution is 2.48. The van der Waals surface area contributed by atoms with Gasteiger partial charge in [0.25, 0.3) is 0 Å². The Hall–Kier alpha value is -4.60. The maximum absolute atomic E-state index is 13.1. The monoisotopic (exact) mass is 550 g/mol. The Labute approximate surface area is 227 Å². The van der Waals surface area contributed by atoms with Crippen molar-refractivity contribution in [3.63, 3.8) is 0 Å². The molecule has 7 nitrogen and oxygen atoms in total. The number of aliphatic carboxylic acids is 1. The van der Waals surface area contributed by atoms with Crippen LogP contribution in [0, 0.1) is 6.92 Å². The number of carbonyl (C=O) groups excluding carboxylic acids is 1. The number of ether oxygens (including phenoxy) is 1. The van der Waals surface area contributed by atoms with Crippen molar-refractivity contribution in [1.29, 1.82) is 0 Å². The van der Waals surface area contributed by atoms with E-state index in [-0.39, 0.29) is 23.7 Å². The van der Waals surface area contributed by atoms with E-state index in [1.165, 1.54) is 12.1 Å². The van der Waals surface area contributed by atoms with Gasteiger partial charge in [0.2, 0.25) is 0 Å². The number of anilines is 2. The fourth-order valence-corrected chi connectivity index (χ4v) is 4.68. The average Bonchev–Trinajstić information content (AvgIpc) is 3.67. The Balaban J connectivity index is 1.47. The second-order valence-corrected chi connectivity index (χ2v) is 9.57. The highest BCUT2D eigenvalue weighted by Gasteiger charge is 2.51. The number of aryl methyl sites for hydroxylation is 1. The second-order valence-electron chi connectivity index (χ2n) is 9.57. The minimum absolute atomic E-state index is 0.0523. The van der Waals surface area contributed by atoms with Crippen molar-refractivity contribution < 1.29 is 37.1 Å². The zero-order valence-electron chi connectivity index (χ0n) is 21.7. The van der Waals surface area contributed by atoms with Crippen LogP contribution in [0.15, 0.2) is 77.3 Å². The van der Waals surface area contributed by atoms with Crippen molar-refractivity contribution >= 4 is 23.4 Å². The fourth-order valence-electron chi connectivity index (χ4n) is 4.68. The first-order valence-corrected chi connectivity index (χ1v) is 12.6. The minimum atomic E-state index is -4.52. The summed E-state index contributed by atoms with van der Waals surface area (Å²) in [5.41, 5.74) is 2.26. The molecular formula is C30H25F3N2O5. The molecule has 0 bridgehead atoms. The first kappa shape index (κ1) is 27.0. The van der Waals surface area contributed by atoms with Gasteiger partial charge >= 0.3 is 18.2 Å². The molecule has 1 fully saturated rings. The van der Waals surface area contributed by atoms with Crippen LogP contribution in [0.2, 0.25) is 0 Å². The molecule has 10 heteroatoms. The van der Waals surface area contributed by atoms with Gasteiger partial charge in [0.15, 0.2) is 5.76 Å². The molecule has 1 saturated carbocycles. The molecule has 1 heterocycles. The highest BCUT2D eigenvalue weighted by atomic mass is 19.4. The number of benzene rings is 3. The van der Waals surface area contributed by atoms with Gasteiger partial charge in [0.1, 0.15) is 11.4 Å². The SMILES string of the molecule is CCOC(=O)N(c1ccc(C(F)(F)F)cc1)c1c(C)noc1-c1ccc(-c2ccc(C3(C(=O)O)CC3)cc2)cc1. The molecule has 0 aliphatic heterocycles. The van der Waals surface area contributed by atoms with E-state index in [4.69, 9.17) is 9.26 Å². The van der Waals surface area contributed by atoms with Gasteiger partial charge in [-0.1, -0.05) is 53.7 Å². The lowest BCUT2D eigenvalue weighted by Crippen LogP contribution is -2.27. The van der Waals surface area contributed by atoms with E-state index < -0.39 is 29.2 Å². The van der Waals surface area contributed by atoms with Crippen molar-refractivity contribution in [2.24, 2.45) is 0 Å². The molecule has 5 rings (SSSR count). The topological polar surface area (TPSA) is 92.9 Å². The van der Waals surface area contributed by atoms with Gasteiger partial charge in [-0.25, -0.2) is 9.69 Å². The van der Waals surface area contributed by atoms with Crippen molar-refractivity contribution in [2.45, 2.75) is 38.3 Å². The Morgan fingerprint density at radius 1 is 0.950 bits per heavy atom. The molecule has 206 valence electrons. The summed E-state index contributed by atoms with van der Waals surface area (Å²) < 4.78 is 50.2. The molecule has 1 N–H and O–H groups in total. The number of nitrogens with zero attached hydrogens (tertiary/aromatic N) is 2. The van der Waals surface area contributed by atoms with Gasteiger partial charge in [-0.15, -0.1) is 0 Å². The average molecular weight is 551 g/mol. The molecule has 0 atom stereocenters. The predicted octanol–water partition coefficient (Wildman–Crippen LogP) is 7.75. The molecule has 0 unspecified atom stereocenters. The molecule has 3 aromatic carbocycles. The normalized spacial score (nSPS) is 14.0. The van der Waals surface area contributed by atoms with Crippen LogP contribution in [0.3, 0.4) is 0 Å². The molecule has 1 amide bonds. The molecule has 0 saturated heterocycles. The Morgan fingerprint density at radius 2 is 1.50 bits per heavy atom. The van der Waals surface area contributed by atoms with Gasteiger partial charge in [-0.3, -0.25) is 4.79 Å². The smallest absolute Gasteiger partial charge is 0.419 e. The molecule has 4 aromatic rings. The summed E-state index contributed by atoms with van der Waals surface area (Å²) in [5, 5.41) is 13.6. The summed E-state index contributed by atoms with van der Waals surface area (Å²) in [5.74, 6) is -0.569. The highest BCUT2D eigenvalue weighted by molar-refractivity contribution is 6.00. The molecule has 1 aliphatic rings. The largest absolute Gasteiger partial charge is 0.481 e. The number of alkyl halides is 3. The van der Waals surface area contributed by atoms with Crippen LogP contribution >= 0.6 is 0 Å². The van der Waals surface area contributed by atoms with Crippen LogP contribution in [0.1, 0.15) is 36.6 Å². The summed E-state index contributed by atoms with van der Waals surface area (Å²) in [6, 6.07) is 18.9. The van der Waals surface area contributed by atoms with Crippen LogP contribution in [0.25, 0.3) is 22.5 Å². The predicted molar refractivity (Wildman–Crippen MR) is 141 cm³/mol. The van der Waals surface area contributed by atoms with Gasteiger partial charge in [0.05, 0.1) is 23.3 Å². The van der Waals surface area contributed by atoms with E-state index in [2.05, 4.69) is 5.16 Å². The number of carboxylic acids is 1. The fraction of sp³-hybridized carbons (Fsp3) is 0.233. The summed E-state index contributed by atoms with van der Waals surface area (Å²) in [4.78, 5) is 25.8. The van der Waals surface area contributed by atoms with Crippen molar-refractivity contribution in [2.75, 3.05) is 11.5 Å². The number of amides is 1. The summed E-state index contributed by atoms with van der Waals surface area (Å²) in [6.07, 6.45) is -4.06. The standard InChI is InChI=1S/C30H25F3N2O5/c1-3-39-28(38)35(24-14-12-23(13-15-24)30(31,32)33)25-18(2)34-40-26(25)21-6-4-19(5-7-21)20-8-10-22(11-9-20)29(16-17-29)27(36)37/h4-15H,3,16-17H2,1-2H3,(H,36,37). The zero-order chi connectivity index (χ0) is 28.7. The van der Waals surface area contributed by atoms with Crippen LogP contribution in [-0.4, -0.2) is 28.9 Å². The second kappa shape index (κ2) is 10.2. The number of rotatable bonds is 7. The van der Waals surface area contributed by atoms with Gasteiger partial charge in [-0.2, -0.15) is 13.2 Å². The van der Waals surface area contributed by atoms with Gasteiger partial charge < -0.3 is 14.4 Å². The molecule has 40 heavy (non-hydrogen) atoms. The lowest BCUT2D eigenvalue weighted by Gasteiger charge is -2.22. The molecule has 0 radical (unpaired) electrons. The lowest BCUT2D eigenvalue weighted by molar-refractivity contribution is -0.140. The van der Waals surface area contributed by atoms with Crippen molar-refractivity contribution in [1.82, 2.24) is 5.16 Å². The quantitative estimate of drug-likeness (QED) is 0.253. The molecule has 1 aliphatic carbocycles. The maximum Gasteiger partial charge on any atom is 0.419 e. The third-order valence-electron chi connectivity index (χ3n) is 7.04. The summed E-state index contributed by atoms with van der Waals surface area (Å²) >= 11 is 0. The van der Waals surface area contributed by atoms with Crippen molar-refractivity contribution in [3.05, 3.63) is 89.6 Å². The number of carboxylic acid groups (broad SMARTS) is 1. The van der Waals surface area contributed by atoms with Crippen LogP contribution in [-0.2, 0) is 21.1 Å². The van der Waals surface area contributed by atoms with E-state index >= 15 is 0 Å². The Bertz CT molecular complexity index is 1540. The van der Waals surface area contributed by atoms with Gasteiger partial charge in [0, 0.05) is 5.56 Å². The third-order valence-corrected chi connectivity index (χ3v) is 7.04. The first-order chi connectivity index (χ1) is 19.0. The molecule has 1 aromatic heterocycles. The Kier molecular flexibility index (Phi) is 6.87. The maximum atomic E-state index is 13.1. The molecule has 0 spiro atoms. The number of carbonyl (C=O) groups is 2. The molecular weight excluding hydrogens is 525 g/mol. The van der Waals surface area contributed by atoms with E-state index in [0.29, 0.717) is 24.1 Å². The zero-order valence-corrected chi connectivity index (χ0v) is 21.7. The van der Waals surface area contributed by atoms with E-state index in [0.717, 1.165) is 33.7 Å². The lowest BCUT2D eigenvalue weighted by atomic mass is 9.93. The third kappa shape index (κ3) is 4.92. The van der Waals surface area contributed by atoms with Gasteiger partial charge in [-0.05, 0) is 67.6 Å². The number of halogens is 3. The van der Waals surface area contributed by atoms with Crippen molar-refractivity contribution in [3.8, 4) is 22.5 Å². The van der Waals surface area contributed by atoms with Crippen LogP contribution < -0.4 is 4.90 Å². The Morgan fingerprint density at radius 3 is 2.00 bits per heavy atom.